The molecule has 4 nitrogen and oxygen atoms in total. The van der Waals surface area contributed by atoms with Crippen molar-refractivity contribution >= 4 is 0 Å². The molecular weight excluding hydrogens is 254 g/mol. The van der Waals surface area contributed by atoms with Crippen LogP contribution in [0.15, 0.2) is 18.2 Å². The molecule has 1 aromatic carbocycles. The first-order chi connectivity index (χ1) is 9.52. The van der Waals surface area contributed by atoms with Gasteiger partial charge >= 0.3 is 0 Å². The minimum atomic E-state index is -0.595. The highest BCUT2D eigenvalue weighted by atomic mass is 16.5. The largest absolute Gasteiger partial charge is 0.490 e. The van der Waals surface area contributed by atoms with Crippen molar-refractivity contribution in [1.82, 2.24) is 5.32 Å². The molecule has 1 unspecified atom stereocenters. The number of benzene rings is 1. The van der Waals surface area contributed by atoms with E-state index in [9.17, 15) is 5.11 Å². The molecule has 2 N–H and O–H groups in total. The molecule has 0 fully saturated rings. The Balaban J connectivity index is 2.59. The summed E-state index contributed by atoms with van der Waals surface area (Å²) < 4.78 is 10.9. The van der Waals surface area contributed by atoms with Crippen molar-refractivity contribution in [3.05, 3.63) is 29.3 Å². The van der Waals surface area contributed by atoms with Crippen LogP contribution in [0.25, 0.3) is 0 Å². The maximum atomic E-state index is 9.74. The van der Waals surface area contributed by atoms with Crippen LogP contribution >= 0.6 is 0 Å². The van der Waals surface area contributed by atoms with Gasteiger partial charge in [0, 0.05) is 24.8 Å². The lowest BCUT2D eigenvalue weighted by Crippen LogP contribution is -2.25. The van der Waals surface area contributed by atoms with Gasteiger partial charge in [-0.3, -0.25) is 0 Å². The van der Waals surface area contributed by atoms with Gasteiger partial charge in [0.1, 0.15) is 18.5 Å². The second-order valence-corrected chi connectivity index (χ2v) is 5.27. The van der Waals surface area contributed by atoms with Crippen molar-refractivity contribution in [3.8, 4) is 5.75 Å². The first-order valence-electron chi connectivity index (χ1n) is 7.24. The zero-order chi connectivity index (χ0) is 15.0. The summed E-state index contributed by atoms with van der Waals surface area (Å²) >= 11 is 0. The molecule has 0 aliphatic heterocycles. The lowest BCUT2D eigenvalue weighted by atomic mass is 10.1. The maximum absolute atomic E-state index is 9.74. The number of aliphatic hydroxyl groups is 1. The van der Waals surface area contributed by atoms with E-state index < -0.39 is 6.10 Å². The fourth-order valence-electron chi connectivity index (χ4n) is 1.79. The van der Waals surface area contributed by atoms with Crippen molar-refractivity contribution < 1.29 is 14.6 Å². The fraction of sp³-hybridized carbons (Fsp3) is 0.625. The molecule has 0 amide bonds. The molecule has 0 heterocycles. The third-order valence-electron chi connectivity index (χ3n) is 2.86. The van der Waals surface area contributed by atoms with Gasteiger partial charge in [-0.05, 0) is 19.9 Å². The number of hydrogen-bond donors (Lipinski definition) is 2. The summed E-state index contributed by atoms with van der Waals surface area (Å²) in [7, 11) is 0. The molecule has 4 heteroatoms. The van der Waals surface area contributed by atoms with Crippen LogP contribution in [0.3, 0.4) is 0 Å². The minimum Gasteiger partial charge on any atom is -0.490 e. The standard InChI is InChI=1S/C16H27NO3/c1-5-19-10-15(18)11-20-16-7-6-13(4)8-14(16)9-17-12(2)3/h6-8,12,15,17-18H,5,9-11H2,1-4H3. The number of nitrogens with one attached hydrogen (secondary N) is 1. The van der Waals surface area contributed by atoms with Crippen LogP contribution in [0.1, 0.15) is 31.9 Å². The maximum Gasteiger partial charge on any atom is 0.123 e. The van der Waals surface area contributed by atoms with Gasteiger partial charge in [0.2, 0.25) is 0 Å². The molecule has 0 spiro atoms. The van der Waals surface area contributed by atoms with E-state index in [0.717, 1.165) is 17.9 Å². The summed E-state index contributed by atoms with van der Waals surface area (Å²) in [6.07, 6.45) is -0.595. The van der Waals surface area contributed by atoms with E-state index in [4.69, 9.17) is 9.47 Å². The fourth-order valence-corrected chi connectivity index (χ4v) is 1.79. The SMILES string of the molecule is CCOCC(O)COc1ccc(C)cc1CNC(C)C. The highest BCUT2D eigenvalue weighted by Gasteiger charge is 2.09. The number of ether oxygens (including phenoxy) is 2. The molecule has 1 rings (SSSR count). The summed E-state index contributed by atoms with van der Waals surface area (Å²) in [5.74, 6) is 0.819. The second-order valence-electron chi connectivity index (χ2n) is 5.27. The number of aryl methyl sites for hydroxylation is 1. The molecule has 0 aliphatic rings. The highest BCUT2D eigenvalue weighted by Crippen LogP contribution is 2.20. The zero-order valence-electron chi connectivity index (χ0n) is 13.0. The smallest absolute Gasteiger partial charge is 0.123 e. The lowest BCUT2D eigenvalue weighted by Gasteiger charge is -2.16. The Morgan fingerprint density at radius 1 is 1.25 bits per heavy atom. The van der Waals surface area contributed by atoms with Gasteiger partial charge in [-0.25, -0.2) is 0 Å². The molecule has 114 valence electrons. The van der Waals surface area contributed by atoms with E-state index in [-0.39, 0.29) is 6.61 Å². The number of rotatable bonds is 9. The van der Waals surface area contributed by atoms with E-state index in [2.05, 4.69) is 32.2 Å². The third-order valence-corrected chi connectivity index (χ3v) is 2.86. The molecule has 0 aromatic heterocycles. The van der Waals surface area contributed by atoms with Gasteiger partial charge in [-0.2, -0.15) is 0 Å². The van der Waals surface area contributed by atoms with E-state index >= 15 is 0 Å². The summed E-state index contributed by atoms with van der Waals surface area (Å²) in [6, 6.07) is 6.51. The quantitative estimate of drug-likeness (QED) is 0.729. The van der Waals surface area contributed by atoms with Gasteiger partial charge in [0.15, 0.2) is 0 Å². The van der Waals surface area contributed by atoms with Crippen LogP contribution in [0.2, 0.25) is 0 Å². The molecule has 0 saturated heterocycles. The van der Waals surface area contributed by atoms with E-state index in [0.29, 0.717) is 19.3 Å². The van der Waals surface area contributed by atoms with Crippen molar-refractivity contribution in [1.29, 1.82) is 0 Å². The normalized spacial score (nSPS) is 12.7. The summed E-state index contributed by atoms with van der Waals surface area (Å²) in [5.41, 5.74) is 2.31. The van der Waals surface area contributed by atoms with Crippen LogP contribution in [-0.2, 0) is 11.3 Å². The molecule has 0 saturated carbocycles. The Morgan fingerprint density at radius 2 is 2.00 bits per heavy atom. The Labute approximate surface area is 122 Å². The Bertz CT molecular complexity index is 393. The van der Waals surface area contributed by atoms with Crippen LogP contribution in [0.4, 0.5) is 0 Å². The van der Waals surface area contributed by atoms with Crippen molar-refractivity contribution in [2.24, 2.45) is 0 Å². The molecule has 0 bridgehead atoms. The van der Waals surface area contributed by atoms with Gasteiger partial charge in [0.05, 0.1) is 6.61 Å². The van der Waals surface area contributed by atoms with E-state index in [1.165, 1.54) is 5.56 Å². The predicted molar refractivity (Wildman–Crippen MR) is 81.1 cm³/mol. The Kier molecular flexibility index (Phi) is 7.59. The third kappa shape index (κ3) is 6.37. The van der Waals surface area contributed by atoms with E-state index in [1.54, 1.807) is 0 Å². The monoisotopic (exact) mass is 281 g/mol. The Morgan fingerprint density at radius 3 is 2.65 bits per heavy atom. The molecule has 1 aromatic rings. The first-order valence-corrected chi connectivity index (χ1v) is 7.24. The van der Waals surface area contributed by atoms with Gasteiger partial charge < -0.3 is 19.9 Å². The molecule has 0 radical (unpaired) electrons. The first kappa shape index (κ1) is 17.0. The average molecular weight is 281 g/mol. The minimum absolute atomic E-state index is 0.248. The molecule has 1 atom stereocenters. The highest BCUT2D eigenvalue weighted by molar-refractivity contribution is 5.36. The zero-order valence-corrected chi connectivity index (χ0v) is 13.0. The van der Waals surface area contributed by atoms with Crippen LogP contribution < -0.4 is 10.1 Å². The summed E-state index contributed by atoms with van der Waals surface area (Å²) in [6.45, 7) is 10.1. The van der Waals surface area contributed by atoms with Crippen molar-refractivity contribution in [3.63, 3.8) is 0 Å². The van der Waals surface area contributed by atoms with Crippen LogP contribution in [0, 0.1) is 6.92 Å². The summed E-state index contributed by atoms with van der Waals surface area (Å²) in [5, 5.41) is 13.1. The Hall–Kier alpha value is -1.10. The second kappa shape index (κ2) is 8.95. The van der Waals surface area contributed by atoms with Crippen molar-refractivity contribution in [2.75, 3.05) is 19.8 Å². The van der Waals surface area contributed by atoms with Crippen LogP contribution in [-0.4, -0.2) is 37.1 Å². The van der Waals surface area contributed by atoms with Gasteiger partial charge in [-0.1, -0.05) is 31.5 Å². The van der Waals surface area contributed by atoms with Gasteiger partial charge in [0.25, 0.3) is 0 Å². The van der Waals surface area contributed by atoms with E-state index in [1.807, 2.05) is 19.1 Å². The van der Waals surface area contributed by atoms with Gasteiger partial charge in [-0.15, -0.1) is 0 Å². The number of hydrogen-bond acceptors (Lipinski definition) is 4. The average Bonchev–Trinajstić information content (AvgIpc) is 2.41. The summed E-state index contributed by atoms with van der Waals surface area (Å²) in [4.78, 5) is 0. The molecule has 0 aliphatic carbocycles. The van der Waals surface area contributed by atoms with Crippen molar-refractivity contribution in [2.45, 2.75) is 46.4 Å². The topological polar surface area (TPSA) is 50.7 Å². The molecular formula is C16H27NO3. The predicted octanol–water partition coefficient (Wildman–Crippen LogP) is 2.27. The number of aliphatic hydroxyl groups excluding tert-OH is 1. The molecule has 20 heavy (non-hydrogen) atoms. The lowest BCUT2D eigenvalue weighted by molar-refractivity contribution is 0.0162. The van der Waals surface area contributed by atoms with Crippen LogP contribution in [0.5, 0.6) is 5.75 Å².